The highest BCUT2D eigenvalue weighted by Gasteiger charge is 2.11. The van der Waals surface area contributed by atoms with E-state index < -0.39 is 11.6 Å². The van der Waals surface area contributed by atoms with Gasteiger partial charge in [-0.1, -0.05) is 19.9 Å². The van der Waals surface area contributed by atoms with Crippen molar-refractivity contribution in [2.24, 2.45) is 0 Å². The Balaban J connectivity index is 0.00000116. The molecular formula is C17H21F2NO2. The zero-order valence-electron chi connectivity index (χ0n) is 13.3. The summed E-state index contributed by atoms with van der Waals surface area (Å²) in [6, 6.07) is 6.91. The van der Waals surface area contributed by atoms with E-state index in [2.05, 4.69) is 4.98 Å². The van der Waals surface area contributed by atoms with Gasteiger partial charge in [-0.2, -0.15) is 0 Å². The minimum absolute atomic E-state index is 0.251. The summed E-state index contributed by atoms with van der Waals surface area (Å²) in [5.41, 5.74) is 1.48. The van der Waals surface area contributed by atoms with Crippen molar-refractivity contribution in [1.29, 1.82) is 0 Å². The Morgan fingerprint density at radius 1 is 1.05 bits per heavy atom. The predicted octanol–water partition coefficient (Wildman–Crippen LogP) is 4.39. The second kappa shape index (κ2) is 9.10. The van der Waals surface area contributed by atoms with Gasteiger partial charge in [0.15, 0.2) is 0 Å². The molecule has 1 aromatic carbocycles. The molecule has 0 radical (unpaired) electrons. The molecule has 0 spiro atoms. The molecule has 2 rings (SSSR count). The third kappa shape index (κ3) is 4.77. The number of benzene rings is 1. The molecule has 0 atom stereocenters. The maximum Gasteiger partial charge on any atom is 0.213 e. The molecule has 0 aliphatic rings. The number of pyridine rings is 1. The van der Waals surface area contributed by atoms with Gasteiger partial charge in [0.1, 0.15) is 18.2 Å². The van der Waals surface area contributed by atoms with E-state index in [1.807, 2.05) is 20.8 Å². The minimum Gasteiger partial charge on any atom is -0.475 e. The maximum absolute atomic E-state index is 13.8. The number of nitrogens with zero attached hydrogens (tertiary/aromatic N) is 1. The van der Waals surface area contributed by atoms with Gasteiger partial charge in [-0.15, -0.1) is 0 Å². The average Bonchev–Trinajstić information content (AvgIpc) is 2.52. The summed E-state index contributed by atoms with van der Waals surface area (Å²) in [6.45, 7) is 6.61. The summed E-state index contributed by atoms with van der Waals surface area (Å²) in [7, 11) is 1.57. The van der Waals surface area contributed by atoms with Crippen LogP contribution in [0.4, 0.5) is 8.78 Å². The lowest BCUT2D eigenvalue weighted by atomic mass is 10.1. The molecular weight excluding hydrogens is 288 g/mol. The Hall–Kier alpha value is -2.01. The van der Waals surface area contributed by atoms with Crippen molar-refractivity contribution in [2.45, 2.75) is 20.8 Å². The Kier molecular flexibility index (Phi) is 7.46. The monoisotopic (exact) mass is 309 g/mol. The van der Waals surface area contributed by atoms with Gasteiger partial charge < -0.3 is 9.47 Å². The van der Waals surface area contributed by atoms with Gasteiger partial charge in [-0.3, -0.25) is 0 Å². The van der Waals surface area contributed by atoms with Crippen LogP contribution in [0.2, 0.25) is 0 Å². The van der Waals surface area contributed by atoms with Crippen LogP contribution in [0.3, 0.4) is 0 Å². The molecule has 120 valence electrons. The van der Waals surface area contributed by atoms with E-state index >= 15 is 0 Å². The first kappa shape index (κ1) is 18.0. The first-order valence-electron chi connectivity index (χ1n) is 7.16. The second-order valence-electron chi connectivity index (χ2n) is 4.28. The van der Waals surface area contributed by atoms with Crippen LogP contribution in [0.5, 0.6) is 5.88 Å². The molecule has 0 fully saturated rings. The fraction of sp³-hybridized carbons (Fsp3) is 0.353. The number of hydrogen-bond donors (Lipinski definition) is 0. The van der Waals surface area contributed by atoms with E-state index in [-0.39, 0.29) is 5.56 Å². The van der Waals surface area contributed by atoms with Crippen LogP contribution in [-0.2, 0) is 4.74 Å². The second-order valence-corrected chi connectivity index (χ2v) is 4.28. The van der Waals surface area contributed by atoms with Crippen LogP contribution < -0.4 is 4.74 Å². The highest BCUT2D eigenvalue weighted by atomic mass is 19.1. The minimum atomic E-state index is -0.644. The van der Waals surface area contributed by atoms with Crippen LogP contribution in [0.1, 0.15) is 19.4 Å². The zero-order valence-corrected chi connectivity index (χ0v) is 13.3. The standard InChI is InChI=1S/C15H15F2NO2.C2H6/c1-10-3-6-14(20-8-7-19-2)18-15(10)12-5-4-11(16)9-13(12)17;1-2/h3-6,9H,7-8H2,1-2H3;1-2H3. The third-order valence-electron chi connectivity index (χ3n) is 2.80. The number of methoxy groups -OCH3 is 1. The smallest absolute Gasteiger partial charge is 0.213 e. The van der Waals surface area contributed by atoms with E-state index in [1.165, 1.54) is 12.1 Å². The molecule has 0 N–H and O–H groups in total. The lowest BCUT2D eigenvalue weighted by Crippen LogP contribution is -2.06. The van der Waals surface area contributed by atoms with E-state index in [9.17, 15) is 8.78 Å². The molecule has 0 saturated heterocycles. The van der Waals surface area contributed by atoms with Gasteiger partial charge in [-0.05, 0) is 24.6 Å². The quantitative estimate of drug-likeness (QED) is 0.768. The van der Waals surface area contributed by atoms with Crippen LogP contribution in [0.15, 0.2) is 30.3 Å². The van der Waals surface area contributed by atoms with Crippen LogP contribution in [-0.4, -0.2) is 25.3 Å². The van der Waals surface area contributed by atoms with Gasteiger partial charge in [-0.25, -0.2) is 13.8 Å². The van der Waals surface area contributed by atoms with E-state index in [0.717, 1.165) is 11.6 Å². The Morgan fingerprint density at radius 2 is 1.77 bits per heavy atom. The van der Waals surface area contributed by atoms with Gasteiger partial charge in [0.2, 0.25) is 5.88 Å². The molecule has 1 heterocycles. The highest BCUT2D eigenvalue weighted by molar-refractivity contribution is 5.64. The van der Waals surface area contributed by atoms with Gasteiger partial charge in [0.05, 0.1) is 12.3 Å². The summed E-state index contributed by atoms with van der Waals surface area (Å²) in [5.74, 6) is -0.877. The molecule has 3 nitrogen and oxygen atoms in total. The van der Waals surface area contributed by atoms with Crippen LogP contribution in [0, 0.1) is 18.6 Å². The van der Waals surface area contributed by atoms with Crippen molar-refractivity contribution in [3.63, 3.8) is 0 Å². The average molecular weight is 309 g/mol. The lowest BCUT2D eigenvalue weighted by molar-refractivity contribution is 0.144. The summed E-state index contributed by atoms with van der Waals surface area (Å²) in [4.78, 5) is 4.26. The van der Waals surface area contributed by atoms with Crippen molar-refractivity contribution >= 4 is 0 Å². The molecule has 0 amide bonds. The number of ether oxygens (including phenoxy) is 2. The molecule has 0 aliphatic heterocycles. The fourth-order valence-electron chi connectivity index (χ4n) is 1.77. The lowest BCUT2D eigenvalue weighted by Gasteiger charge is -2.10. The molecule has 5 heteroatoms. The molecule has 0 bridgehead atoms. The molecule has 0 saturated carbocycles. The molecule has 0 unspecified atom stereocenters. The predicted molar refractivity (Wildman–Crippen MR) is 83.0 cm³/mol. The number of aryl methyl sites for hydroxylation is 1. The van der Waals surface area contributed by atoms with Gasteiger partial charge >= 0.3 is 0 Å². The Labute approximate surface area is 129 Å². The summed E-state index contributed by atoms with van der Waals surface area (Å²) >= 11 is 0. The van der Waals surface area contributed by atoms with Crippen molar-refractivity contribution in [2.75, 3.05) is 20.3 Å². The molecule has 22 heavy (non-hydrogen) atoms. The first-order valence-corrected chi connectivity index (χ1v) is 7.16. The van der Waals surface area contributed by atoms with Crippen molar-refractivity contribution in [3.05, 3.63) is 47.5 Å². The van der Waals surface area contributed by atoms with E-state index in [0.29, 0.717) is 24.8 Å². The number of aromatic nitrogens is 1. The SMILES string of the molecule is CC.COCCOc1ccc(C)c(-c2ccc(F)cc2F)n1. The zero-order chi connectivity index (χ0) is 16.5. The fourth-order valence-corrected chi connectivity index (χ4v) is 1.77. The highest BCUT2D eigenvalue weighted by Crippen LogP contribution is 2.26. The Bertz CT molecular complexity index is 603. The van der Waals surface area contributed by atoms with E-state index in [1.54, 1.807) is 19.2 Å². The third-order valence-corrected chi connectivity index (χ3v) is 2.80. The van der Waals surface area contributed by atoms with Gasteiger partial charge in [0.25, 0.3) is 0 Å². The molecule has 2 aromatic rings. The van der Waals surface area contributed by atoms with Crippen molar-refractivity contribution in [1.82, 2.24) is 4.98 Å². The Morgan fingerprint density at radius 3 is 2.41 bits per heavy atom. The molecule has 0 aliphatic carbocycles. The summed E-state index contributed by atoms with van der Waals surface area (Å²) in [5, 5.41) is 0. The topological polar surface area (TPSA) is 31.4 Å². The van der Waals surface area contributed by atoms with Crippen LogP contribution in [0.25, 0.3) is 11.3 Å². The molecule has 1 aromatic heterocycles. The van der Waals surface area contributed by atoms with Crippen LogP contribution >= 0.6 is 0 Å². The number of halogens is 2. The summed E-state index contributed by atoms with van der Waals surface area (Å²) in [6.07, 6.45) is 0. The van der Waals surface area contributed by atoms with Crippen molar-refractivity contribution in [3.8, 4) is 17.1 Å². The largest absolute Gasteiger partial charge is 0.475 e. The normalized spacial score (nSPS) is 9.91. The number of hydrogen-bond acceptors (Lipinski definition) is 3. The van der Waals surface area contributed by atoms with Crippen molar-refractivity contribution < 1.29 is 18.3 Å². The van der Waals surface area contributed by atoms with Gasteiger partial charge in [0, 0.05) is 24.8 Å². The van der Waals surface area contributed by atoms with E-state index in [4.69, 9.17) is 9.47 Å². The maximum atomic E-state index is 13.8. The first-order chi connectivity index (χ1) is 10.6. The summed E-state index contributed by atoms with van der Waals surface area (Å²) < 4.78 is 37.0. The number of rotatable bonds is 5.